The molecule has 0 spiro atoms. The van der Waals surface area contributed by atoms with Gasteiger partial charge in [0.1, 0.15) is 5.75 Å². The number of unbranched alkanes of at least 4 members (excludes halogenated alkanes) is 2. The number of hydrogen-bond acceptors (Lipinski definition) is 3. The van der Waals surface area contributed by atoms with Gasteiger partial charge in [-0.1, -0.05) is 73.0 Å². The van der Waals surface area contributed by atoms with Crippen LogP contribution in [0.1, 0.15) is 54.0 Å². The molecule has 0 aromatic heterocycles. The molecular weight excluding hydrogens is 472 g/mol. The van der Waals surface area contributed by atoms with E-state index in [0.29, 0.717) is 5.92 Å². The Morgan fingerprint density at radius 3 is 2.54 bits per heavy atom. The number of aliphatic hydroxyl groups is 1. The Balaban J connectivity index is 1.60. The zero-order valence-corrected chi connectivity index (χ0v) is 22.1. The predicted octanol–water partition coefficient (Wildman–Crippen LogP) is 7.98. The number of methoxy groups -OCH3 is 1. The molecule has 0 saturated heterocycles. The SMILES string of the molecule is COc1cc2c(c3ccccc13)C(=C1c3ccccc3Sc3ccc(C#CCCCCO)cc31)C(C)C2. The molecule has 0 amide bonds. The molecular formula is C34H30O2S. The first-order valence-electron chi connectivity index (χ1n) is 13.0. The zero-order chi connectivity index (χ0) is 25.4. The number of ether oxygens (including phenoxy) is 1. The number of hydrogen-bond donors (Lipinski definition) is 1. The Labute approximate surface area is 223 Å². The molecule has 6 rings (SSSR count). The lowest BCUT2D eigenvalue weighted by molar-refractivity contribution is 0.285. The van der Waals surface area contributed by atoms with Crippen LogP contribution in [0.15, 0.2) is 82.6 Å². The van der Waals surface area contributed by atoms with E-state index >= 15 is 0 Å². The van der Waals surface area contributed by atoms with E-state index in [9.17, 15) is 0 Å². The monoisotopic (exact) mass is 502 g/mol. The molecule has 1 N–H and O–H groups in total. The van der Waals surface area contributed by atoms with E-state index in [1.165, 1.54) is 48.6 Å². The molecule has 1 unspecified atom stereocenters. The third-order valence-corrected chi connectivity index (χ3v) is 8.59. The fraction of sp³-hybridized carbons (Fsp3) is 0.235. The number of fused-ring (bicyclic) bond motifs is 5. The molecule has 0 saturated carbocycles. The first-order valence-corrected chi connectivity index (χ1v) is 13.9. The van der Waals surface area contributed by atoms with Crippen LogP contribution in [0, 0.1) is 17.8 Å². The van der Waals surface area contributed by atoms with Crippen molar-refractivity contribution in [2.24, 2.45) is 5.92 Å². The van der Waals surface area contributed by atoms with Gasteiger partial charge in [-0.25, -0.2) is 0 Å². The van der Waals surface area contributed by atoms with Crippen molar-refractivity contribution in [3.8, 4) is 17.6 Å². The average molecular weight is 503 g/mol. The second-order valence-corrected chi connectivity index (χ2v) is 10.9. The summed E-state index contributed by atoms with van der Waals surface area (Å²) in [4.78, 5) is 2.59. The summed E-state index contributed by atoms with van der Waals surface area (Å²) in [5, 5.41) is 11.5. The fourth-order valence-corrected chi connectivity index (χ4v) is 6.86. The number of benzene rings is 4. The van der Waals surface area contributed by atoms with Crippen LogP contribution in [0.3, 0.4) is 0 Å². The Hall–Kier alpha value is -3.45. The minimum Gasteiger partial charge on any atom is -0.496 e. The Morgan fingerprint density at radius 2 is 1.70 bits per heavy atom. The average Bonchev–Trinajstić information content (AvgIpc) is 3.26. The van der Waals surface area contributed by atoms with Crippen LogP contribution in [0.5, 0.6) is 5.75 Å². The third kappa shape index (κ3) is 4.25. The van der Waals surface area contributed by atoms with Crippen molar-refractivity contribution in [2.75, 3.05) is 13.7 Å². The van der Waals surface area contributed by atoms with Gasteiger partial charge < -0.3 is 9.84 Å². The Kier molecular flexibility index (Phi) is 6.55. The summed E-state index contributed by atoms with van der Waals surface area (Å²) in [6.07, 6.45) is 3.54. The van der Waals surface area contributed by atoms with Crippen molar-refractivity contribution in [1.82, 2.24) is 0 Å². The molecule has 3 heteroatoms. The summed E-state index contributed by atoms with van der Waals surface area (Å²) in [6.45, 7) is 2.59. The Morgan fingerprint density at radius 1 is 0.919 bits per heavy atom. The van der Waals surface area contributed by atoms with Gasteiger partial charge in [-0.05, 0) is 94.3 Å². The highest BCUT2D eigenvalue weighted by molar-refractivity contribution is 7.99. The van der Waals surface area contributed by atoms with Gasteiger partial charge in [0.25, 0.3) is 0 Å². The number of rotatable bonds is 4. The zero-order valence-electron chi connectivity index (χ0n) is 21.3. The van der Waals surface area contributed by atoms with E-state index in [-0.39, 0.29) is 6.61 Å². The van der Waals surface area contributed by atoms with Gasteiger partial charge in [-0.2, -0.15) is 0 Å². The quantitative estimate of drug-likeness (QED) is 0.200. The largest absolute Gasteiger partial charge is 0.496 e. The van der Waals surface area contributed by atoms with E-state index in [1.54, 1.807) is 7.11 Å². The highest BCUT2D eigenvalue weighted by Gasteiger charge is 2.33. The summed E-state index contributed by atoms with van der Waals surface area (Å²) in [5.41, 5.74) is 9.13. The molecule has 37 heavy (non-hydrogen) atoms. The number of aliphatic hydroxyl groups excluding tert-OH is 1. The molecule has 2 nitrogen and oxygen atoms in total. The second-order valence-electron chi connectivity index (χ2n) is 9.84. The summed E-state index contributed by atoms with van der Waals surface area (Å²) in [6, 6.07) is 26.4. The van der Waals surface area contributed by atoms with Crippen molar-refractivity contribution in [3.05, 3.63) is 101 Å². The highest BCUT2D eigenvalue weighted by Crippen LogP contribution is 2.54. The van der Waals surface area contributed by atoms with Crippen LogP contribution < -0.4 is 4.74 Å². The van der Waals surface area contributed by atoms with Gasteiger partial charge in [0.15, 0.2) is 0 Å². The van der Waals surface area contributed by atoms with E-state index in [2.05, 4.69) is 91.6 Å². The summed E-state index contributed by atoms with van der Waals surface area (Å²) < 4.78 is 5.81. The van der Waals surface area contributed by atoms with Crippen molar-refractivity contribution < 1.29 is 9.84 Å². The molecule has 4 aromatic carbocycles. The predicted molar refractivity (Wildman–Crippen MR) is 154 cm³/mol. The van der Waals surface area contributed by atoms with Crippen molar-refractivity contribution in [2.45, 2.75) is 42.4 Å². The van der Waals surface area contributed by atoms with Gasteiger partial charge in [0.2, 0.25) is 0 Å². The van der Waals surface area contributed by atoms with E-state index in [0.717, 1.165) is 42.4 Å². The first-order chi connectivity index (χ1) is 18.2. The van der Waals surface area contributed by atoms with Crippen LogP contribution in [0.4, 0.5) is 0 Å². The molecule has 0 radical (unpaired) electrons. The topological polar surface area (TPSA) is 29.5 Å². The fourth-order valence-electron chi connectivity index (χ4n) is 5.79. The van der Waals surface area contributed by atoms with Gasteiger partial charge in [-0.15, -0.1) is 0 Å². The van der Waals surface area contributed by atoms with Gasteiger partial charge in [0.05, 0.1) is 7.11 Å². The van der Waals surface area contributed by atoms with Crippen LogP contribution in [-0.2, 0) is 6.42 Å². The molecule has 0 bridgehead atoms. The molecule has 0 fully saturated rings. The van der Waals surface area contributed by atoms with Crippen LogP contribution >= 0.6 is 11.8 Å². The second kappa shape index (κ2) is 10.1. The Bertz CT molecular complexity index is 1600. The summed E-state index contributed by atoms with van der Waals surface area (Å²) in [5.74, 6) is 8.03. The van der Waals surface area contributed by atoms with Crippen LogP contribution in [-0.4, -0.2) is 18.8 Å². The van der Waals surface area contributed by atoms with Gasteiger partial charge >= 0.3 is 0 Å². The van der Waals surface area contributed by atoms with Crippen molar-refractivity contribution >= 4 is 33.7 Å². The minimum absolute atomic E-state index is 0.230. The van der Waals surface area contributed by atoms with Crippen LogP contribution in [0.2, 0.25) is 0 Å². The smallest absolute Gasteiger partial charge is 0.126 e. The molecule has 1 heterocycles. The standard InChI is InChI=1S/C34H30O2S/c1-22-19-24-21-29(36-2)25-12-6-7-13-26(25)33(24)32(22)34-27-14-8-9-15-30(27)37-31-17-16-23(20-28(31)34)11-5-3-4-10-18-35/h6-9,12-17,20-22,35H,3-4,10,18-19H2,1-2H3. The van der Waals surface area contributed by atoms with Crippen LogP contribution in [0.25, 0.3) is 21.9 Å². The van der Waals surface area contributed by atoms with E-state index in [4.69, 9.17) is 9.84 Å². The lowest BCUT2D eigenvalue weighted by atomic mass is 9.84. The molecule has 184 valence electrons. The summed E-state index contributed by atoms with van der Waals surface area (Å²) >= 11 is 1.85. The molecule has 2 aliphatic rings. The third-order valence-electron chi connectivity index (χ3n) is 7.43. The van der Waals surface area contributed by atoms with E-state index < -0.39 is 0 Å². The molecule has 1 aliphatic carbocycles. The van der Waals surface area contributed by atoms with Crippen molar-refractivity contribution in [3.63, 3.8) is 0 Å². The van der Waals surface area contributed by atoms with Gasteiger partial charge in [0, 0.05) is 33.8 Å². The maximum atomic E-state index is 9.05. The van der Waals surface area contributed by atoms with Gasteiger partial charge in [-0.3, -0.25) is 0 Å². The maximum absolute atomic E-state index is 9.05. The lowest BCUT2D eigenvalue weighted by Crippen LogP contribution is -2.05. The minimum atomic E-state index is 0.230. The normalized spacial score (nSPS) is 17.5. The highest BCUT2D eigenvalue weighted by atomic mass is 32.2. The van der Waals surface area contributed by atoms with Crippen molar-refractivity contribution in [1.29, 1.82) is 0 Å². The van der Waals surface area contributed by atoms with E-state index in [1.807, 2.05) is 11.8 Å². The lowest BCUT2D eigenvalue weighted by Gasteiger charge is -2.26. The number of allylic oxidation sites excluding steroid dienone is 1. The molecule has 1 atom stereocenters. The first kappa shape index (κ1) is 23.9. The maximum Gasteiger partial charge on any atom is 0.126 e. The molecule has 4 aromatic rings. The summed E-state index contributed by atoms with van der Waals surface area (Å²) in [7, 11) is 1.77. The molecule has 1 aliphatic heterocycles.